The molecule has 1 aromatic heterocycles. The normalized spacial score (nSPS) is 11.5. The first-order valence-electron chi connectivity index (χ1n) is 11.9. The highest BCUT2D eigenvalue weighted by molar-refractivity contribution is 5.88. The number of aromatic nitrogens is 1. The Labute approximate surface area is 206 Å². The van der Waals surface area contributed by atoms with Gasteiger partial charge in [-0.3, -0.25) is 9.59 Å². The van der Waals surface area contributed by atoms with Crippen molar-refractivity contribution in [2.45, 2.75) is 46.2 Å². The fourth-order valence-electron chi connectivity index (χ4n) is 3.42. The molecule has 2 aromatic carbocycles. The molecule has 3 rings (SSSR count). The smallest absolute Gasteiger partial charge is 0.243 e. The molecule has 0 aliphatic rings. The number of benzene rings is 2. The topological polar surface area (TPSA) is 89.6 Å². The summed E-state index contributed by atoms with van der Waals surface area (Å²) in [5, 5.41) is 5.78. The summed E-state index contributed by atoms with van der Waals surface area (Å²) in [5.41, 5.74) is 1.63. The summed E-state index contributed by atoms with van der Waals surface area (Å²) in [6, 6.07) is 19.8. The van der Waals surface area contributed by atoms with E-state index in [1.807, 2.05) is 74.5 Å². The number of rotatable bonds is 12. The number of nitrogens with zero attached hydrogens (tertiary/aromatic N) is 1. The van der Waals surface area contributed by atoms with Gasteiger partial charge in [-0.2, -0.15) is 0 Å². The van der Waals surface area contributed by atoms with Crippen molar-refractivity contribution in [1.29, 1.82) is 0 Å². The van der Waals surface area contributed by atoms with Crippen LogP contribution in [0.5, 0.6) is 17.4 Å². The summed E-state index contributed by atoms with van der Waals surface area (Å²) in [6.07, 6.45) is 2.80. The Kier molecular flexibility index (Phi) is 9.66. The van der Waals surface area contributed by atoms with Crippen molar-refractivity contribution in [1.82, 2.24) is 15.6 Å². The van der Waals surface area contributed by atoms with E-state index in [0.717, 1.165) is 23.3 Å². The molecular weight excluding hydrogens is 442 g/mol. The fourth-order valence-corrected chi connectivity index (χ4v) is 3.42. The second-order valence-corrected chi connectivity index (χ2v) is 8.56. The first-order chi connectivity index (χ1) is 17.0. The second-order valence-electron chi connectivity index (χ2n) is 8.56. The molecule has 1 unspecified atom stereocenters. The lowest BCUT2D eigenvalue weighted by Gasteiger charge is -2.22. The molecule has 0 fully saturated rings. The Morgan fingerprint density at radius 3 is 2.34 bits per heavy atom. The number of ether oxygens (including phenoxy) is 2. The summed E-state index contributed by atoms with van der Waals surface area (Å²) >= 11 is 0. The van der Waals surface area contributed by atoms with Gasteiger partial charge in [0.1, 0.15) is 17.5 Å². The van der Waals surface area contributed by atoms with Gasteiger partial charge >= 0.3 is 0 Å². The van der Waals surface area contributed by atoms with Gasteiger partial charge in [-0.05, 0) is 48.2 Å². The molecule has 7 nitrogen and oxygen atoms in total. The third-order valence-electron chi connectivity index (χ3n) is 5.29. The van der Waals surface area contributed by atoms with Crippen LogP contribution in [0, 0.1) is 5.92 Å². The lowest BCUT2D eigenvalue weighted by Crippen LogP contribution is -2.49. The molecule has 0 saturated heterocycles. The van der Waals surface area contributed by atoms with E-state index in [9.17, 15) is 9.59 Å². The highest BCUT2D eigenvalue weighted by Crippen LogP contribution is 2.25. The van der Waals surface area contributed by atoms with Gasteiger partial charge in [-0.1, -0.05) is 57.2 Å². The highest BCUT2D eigenvalue weighted by atomic mass is 16.5. The van der Waals surface area contributed by atoms with Crippen molar-refractivity contribution in [3.8, 4) is 17.4 Å². The van der Waals surface area contributed by atoms with Crippen molar-refractivity contribution in [2.24, 2.45) is 5.92 Å². The van der Waals surface area contributed by atoms with Crippen LogP contribution in [-0.2, 0) is 22.6 Å². The van der Waals surface area contributed by atoms with Crippen molar-refractivity contribution < 1.29 is 19.1 Å². The van der Waals surface area contributed by atoms with Crippen LogP contribution in [0.3, 0.4) is 0 Å². The van der Waals surface area contributed by atoms with E-state index >= 15 is 0 Å². The maximum absolute atomic E-state index is 12.9. The van der Waals surface area contributed by atoms with E-state index in [1.165, 1.54) is 0 Å². The SMILES string of the molecule is CCCOc1ccc(Oc2ncccc2CNC(=O)C(NC(=O)Cc2ccccc2)C(C)C)cc1. The Bertz CT molecular complexity index is 1080. The maximum Gasteiger partial charge on any atom is 0.243 e. The van der Waals surface area contributed by atoms with Crippen molar-refractivity contribution >= 4 is 11.8 Å². The Balaban J connectivity index is 1.59. The summed E-state index contributed by atoms with van der Waals surface area (Å²) in [5.74, 6) is 1.28. The van der Waals surface area contributed by atoms with E-state index in [1.54, 1.807) is 12.3 Å². The number of carbonyl (C=O) groups excluding carboxylic acids is 2. The van der Waals surface area contributed by atoms with Gasteiger partial charge < -0.3 is 20.1 Å². The molecule has 2 amide bonds. The van der Waals surface area contributed by atoms with Gasteiger partial charge in [0.15, 0.2) is 0 Å². The molecule has 1 heterocycles. The number of hydrogen-bond donors (Lipinski definition) is 2. The minimum Gasteiger partial charge on any atom is -0.494 e. The second kappa shape index (κ2) is 13.1. The van der Waals surface area contributed by atoms with Gasteiger partial charge in [0.2, 0.25) is 17.7 Å². The number of amides is 2. The standard InChI is InChI=1S/C28H33N3O4/c1-4-17-34-23-12-14-24(15-13-23)35-28-22(11-8-16-29-28)19-30-27(33)26(20(2)3)31-25(32)18-21-9-6-5-7-10-21/h5-16,20,26H,4,17-19H2,1-3H3,(H,30,33)(H,31,32). The molecule has 0 radical (unpaired) electrons. The molecular formula is C28H33N3O4. The molecule has 0 bridgehead atoms. The van der Waals surface area contributed by atoms with Crippen LogP contribution in [0.1, 0.15) is 38.3 Å². The Morgan fingerprint density at radius 2 is 1.66 bits per heavy atom. The van der Waals surface area contributed by atoms with Gasteiger partial charge in [-0.15, -0.1) is 0 Å². The molecule has 3 aromatic rings. The van der Waals surface area contributed by atoms with Crippen LogP contribution in [0.2, 0.25) is 0 Å². The van der Waals surface area contributed by atoms with Gasteiger partial charge in [0.25, 0.3) is 0 Å². The number of pyridine rings is 1. The zero-order chi connectivity index (χ0) is 25.0. The minimum atomic E-state index is -0.650. The summed E-state index contributed by atoms with van der Waals surface area (Å²) in [6.45, 7) is 6.74. The molecule has 2 N–H and O–H groups in total. The average Bonchev–Trinajstić information content (AvgIpc) is 2.86. The van der Waals surface area contributed by atoms with Crippen molar-refractivity contribution in [3.05, 3.63) is 84.1 Å². The lowest BCUT2D eigenvalue weighted by molar-refractivity contribution is -0.129. The predicted octanol–water partition coefficient (Wildman–Crippen LogP) is 4.66. The number of carbonyl (C=O) groups is 2. The Hall–Kier alpha value is -3.87. The zero-order valence-electron chi connectivity index (χ0n) is 20.5. The maximum atomic E-state index is 12.9. The molecule has 0 aliphatic heterocycles. The van der Waals surface area contributed by atoms with Crippen LogP contribution >= 0.6 is 0 Å². The zero-order valence-corrected chi connectivity index (χ0v) is 20.5. The summed E-state index contributed by atoms with van der Waals surface area (Å²) in [4.78, 5) is 29.8. The third-order valence-corrected chi connectivity index (χ3v) is 5.29. The summed E-state index contributed by atoms with van der Waals surface area (Å²) < 4.78 is 11.6. The van der Waals surface area contributed by atoms with E-state index in [0.29, 0.717) is 18.2 Å². The molecule has 184 valence electrons. The van der Waals surface area contributed by atoms with E-state index < -0.39 is 6.04 Å². The lowest BCUT2D eigenvalue weighted by atomic mass is 10.0. The van der Waals surface area contributed by atoms with E-state index in [2.05, 4.69) is 22.5 Å². The Morgan fingerprint density at radius 1 is 0.943 bits per heavy atom. The first kappa shape index (κ1) is 25.7. The van der Waals surface area contributed by atoms with Crippen molar-refractivity contribution in [3.63, 3.8) is 0 Å². The van der Waals surface area contributed by atoms with Gasteiger partial charge in [0, 0.05) is 18.3 Å². The minimum absolute atomic E-state index is 0.0761. The number of hydrogen-bond acceptors (Lipinski definition) is 5. The quantitative estimate of drug-likeness (QED) is 0.398. The molecule has 1 atom stereocenters. The van der Waals surface area contributed by atoms with E-state index in [-0.39, 0.29) is 30.7 Å². The molecule has 7 heteroatoms. The third kappa shape index (κ3) is 8.14. The fraction of sp³-hybridized carbons (Fsp3) is 0.321. The van der Waals surface area contributed by atoms with Crippen LogP contribution < -0.4 is 20.1 Å². The molecule has 0 saturated carbocycles. The van der Waals surface area contributed by atoms with Crippen LogP contribution in [0.25, 0.3) is 0 Å². The van der Waals surface area contributed by atoms with Gasteiger partial charge in [0.05, 0.1) is 13.0 Å². The van der Waals surface area contributed by atoms with Gasteiger partial charge in [-0.25, -0.2) is 4.98 Å². The average molecular weight is 476 g/mol. The number of nitrogens with one attached hydrogen (secondary N) is 2. The molecule has 0 aliphatic carbocycles. The van der Waals surface area contributed by atoms with E-state index in [4.69, 9.17) is 9.47 Å². The largest absolute Gasteiger partial charge is 0.494 e. The predicted molar refractivity (Wildman–Crippen MR) is 135 cm³/mol. The van der Waals surface area contributed by atoms with Crippen molar-refractivity contribution in [2.75, 3.05) is 6.61 Å². The van der Waals surface area contributed by atoms with Crippen LogP contribution in [0.4, 0.5) is 0 Å². The van der Waals surface area contributed by atoms with Crippen LogP contribution in [0.15, 0.2) is 72.9 Å². The monoisotopic (exact) mass is 475 g/mol. The summed E-state index contributed by atoms with van der Waals surface area (Å²) in [7, 11) is 0. The molecule has 35 heavy (non-hydrogen) atoms. The first-order valence-corrected chi connectivity index (χ1v) is 11.9. The highest BCUT2D eigenvalue weighted by Gasteiger charge is 2.24. The van der Waals surface area contributed by atoms with Crippen LogP contribution in [-0.4, -0.2) is 29.4 Å². The molecule has 0 spiro atoms.